The van der Waals surface area contributed by atoms with Crippen molar-refractivity contribution in [2.24, 2.45) is 13.0 Å². The number of hydrogen-bond donors (Lipinski definition) is 0. The number of hydrogen-bond acceptors (Lipinski definition) is 2. The fourth-order valence-electron chi connectivity index (χ4n) is 3.02. The van der Waals surface area contributed by atoms with Gasteiger partial charge in [-0.3, -0.25) is 4.57 Å². The SMILES string of the molecule is Cn1c(=O)oc2cc(C(Br)CC3CCCC3)ccc21. The summed E-state index contributed by atoms with van der Waals surface area (Å²) in [6.45, 7) is 0. The number of fused-ring (bicyclic) bond motifs is 1. The Morgan fingerprint density at radius 1 is 1.42 bits per heavy atom. The molecule has 102 valence electrons. The minimum absolute atomic E-state index is 0.297. The van der Waals surface area contributed by atoms with E-state index < -0.39 is 0 Å². The number of rotatable bonds is 3. The van der Waals surface area contributed by atoms with Crippen LogP contribution in [0, 0.1) is 5.92 Å². The second kappa shape index (κ2) is 5.16. The van der Waals surface area contributed by atoms with E-state index in [4.69, 9.17) is 4.42 Å². The van der Waals surface area contributed by atoms with Gasteiger partial charge in [0, 0.05) is 11.9 Å². The van der Waals surface area contributed by atoms with Crippen LogP contribution in [0.4, 0.5) is 0 Å². The van der Waals surface area contributed by atoms with E-state index in [2.05, 4.69) is 22.0 Å². The molecule has 0 amide bonds. The lowest BCUT2D eigenvalue weighted by Crippen LogP contribution is -2.08. The predicted octanol–water partition coefficient (Wildman–Crippen LogP) is 4.15. The summed E-state index contributed by atoms with van der Waals surface area (Å²) < 4.78 is 6.79. The second-order valence-corrected chi connectivity index (χ2v) is 6.61. The van der Waals surface area contributed by atoms with Crippen LogP contribution in [0.3, 0.4) is 0 Å². The summed E-state index contributed by atoms with van der Waals surface area (Å²) in [6, 6.07) is 6.05. The van der Waals surface area contributed by atoms with Crippen LogP contribution in [0.1, 0.15) is 42.5 Å². The van der Waals surface area contributed by atoms with E-state index in [0.29, 0.717) is 10.4 Å². The molecule has 1 saturated carbocycles. The first-order valence-electron chi connectivity index (χ1n) is 6.88. The van der Waals surface area contributed by atoms with Crippen molar-refractivity contribution in [2.45, 2.75) is 36.9 Å². The molecule has 0 radical (unpaired) electrons. The average Bonchev–Trinajstić information content (AvgIpc) is 2.99. The van der Waals surface area contributed by atoms with E-state index in [1.807, 2.05) is 12.1 Å². The molecular formula is C15H18BrNO2. The van der Waals surface area contributed by atoms with E-state index in [1.54, 1.807) is 11.6 Å². The number of oxazole rings is 1. The fraction of sp³-hybridized carbons (Fsp3) is 0.533. The van der Waals surface area contributed by atoms with Crippen LogP contribution in [-0.2, 0) is 7.05 Å². The summed E-state index contributed by atoms with van der Waals surface area (Å²) in [4.78, 5) is 11.8. The highest BCUT2D eigenvalue weighted by molar-refractivity contribution is 9.09. The van der Waals surface area contributed by atoms with Crippen LogP contribution in [0.2, 0.25) is 0 Å². The lowest BCUT2D eigenvalue weighted by Gasteiger charge is -2.15. The zero-order valence-electron chi connectivity index (χ0n) is 11.1. The fourth-order valence-corrected chi connectivity index (χ4v) is 3.83. The normalized spacial score (nSPS) is 18.2. The molecule has 2 aromatic rings. The van der Waals surface area contributed by atoms with Crippen LogP contribution >= 0.6 is 15.9 Å². The Morgan fingerprint density at radius 3 is 2.89 bits per heavy atom. The molecule has 0 saturated heterocycles. The lowest BCUT2D eigenvalue weighted by atomic mass is 9.98. The van der Waals surface area contributed by atoms with Crippen LogP contribution in [-0.4, -0.2) is 4.57 Å². The topological polar surface area (TPSA) is 35.1 Å². The highest BCUT2D eigenvalue weighted by atomic mass is 79.9. The van der Waals surface area contributed by atoms with Crippen molar-refractivity contribution in [1.29, 1.82) is 0 Å². The summed E-state index contributed by atoms with van der Waals surface area (Å²) in [7, 11) is 1.73. The molecule has 1 aliphatic rings. The highest BCUT2D eigenvalue weighted by Gasteiger charge is 2.20. The van der Waals surface area contributed by atoms with Gasteiger partial charge >= 0.3 is 5.76 Å². The number of aromatic nitrogens is 1. The average molecular weight is 324 g/mol. The number of benzene rings is 1. The Hall–Kier alpha value is -1.03. The van der Waals surface area contributed by atoms with Crippen molar-refractivity contribution in [3.8, 4) is 0 Å². The summed E-state index contributed by atoms with van der Waals surface area (Å²) in [5.74, 6) is 0.539. The van der Waals surface area contributed by atoms with Crippen LogP contribution < -0.4 is 5.76 Å². The number of alkyl halides is 1. The van der Waals surface area contributed by atoms with Gasteiger partial charge in [-0.15, -0.1) is 0 Å². The summed E-state index contributed by atoms with van der Waals surface area (Å²) >= 11 is 3.78. The molecule has 0 N–H and O–H groups in total. The number of nitrogens with zero attached hydrogens (tertiary/aromatic N) is 1. The van der Waals surface area contributed by atoms with Crippen LogP contribution in [0.5, 0.6) is 0 Å². The molecule has 1 aromatic heterocycles. The van der Waals surface area contributed by atoms with Gasteiger partial charge in [0.2, 0.25) is 0 Å². The molecule has 1 fully saturated rings. The number of halogens is 1. The Bertz CT molecular complexity index is 637. The first kappa shape index (κ1) is 13.0. The summed E-state index contributed by atoms with van der Waals surface area (Å²) in [5, 5.41) is 0. The van der Waals surface area contributed by atoms with E-state index >= 15 is 0 Å². The number of aryl methyl sites for hydroxylation is 1. The van der Waals surface area contributed by atoms with Gasteiger partial charge in [-0.25, -0.2) is 4.79 Å². The van der Waals surface area contributed by atoms with Crippen LogP contribution in [0.25, 0.3) is 11.1 Å². The first-order chi connectivity index (χ1) is 9.15. The minimum Gasteiger partial charge on any atom is -0.408 e. The van der Waals surface area contributed by atoms with Crippen molar-refractivity contribution in [2.75, 3.05) is 0 Å². The van der Waals surface area contributed by atoms with E-state index in [1.165, 1.54) is 37.7 Å². The molecule has 3 rings (SSSR count). The highest BCUT2D eigenvalue weighted by Crippen LogP contribution is 2.37. The van der Waals surface area contributed by atoms with Gasteiger partial charge in [-0.05, 0) is 30.0 Å². The van der Waals surface area contributed by atoms with Crippen LogP contribution in [0.15, 0.2) is 27.4 Å². The van der Waals surface area contributed by atoms with E-state index in [9.17, 15) is 4.79 Å². The molecule has 1 heterocycles. The monoisotopic (exact) mass is 323 g/mol. The second-order valence-electron chi connectivity index (χ2n) is 5.51. The molecule has 3 nitrogen and oxygen atoms in total. The predicted molar refractivity (Wildman–Crippen MR) is 79.7 cm³/mol. The smallest absolute Gasteiger partial charge is 0.408 e. The van der Waals surface area contributed by atoms with E-state index in [-0.39, 0.29) is 5.76 Å². The first-order valence-corrected chi connectivity index (χ1v) is 7.80. The quantitative estimate of drug-likeness (QED) is 0.795. The molecular weight excluding hydrogens is 306 g/mol. The third-order valence-corrected chi connectivity index (χ3v) is 5.10. The maximum Gasteiger partial charge on any atom is 0.419 e. The molecule has 1 aromatic carbocycles. The van der Waals surface area contributed by atoms with Crippen molar-refractivity contribution in [3.05, 3.63) is 34.3 Å². The standard InChI is InChI=1S/C15H18BrNO2/c1-17-13-7-6-11(9-14(13)19-15(17)18)12(16)8-10-4-2-3-5-10/h6-7,9-10,12H,2-5,8H2,1H3. The molecule has 4 heteroatoms. The lowest BCUT2D eigenvalue weighted by molar-refractivity contribution is 0.501. The van der Waals surface area contributed by atoms with E-state index in [0.717, 1.165) is 11.4 Å². The van der Waals surface area contributed by atoms with Gasteiger partial charge in [0.1, 0.15) is 0 Å². The Labute approximate surface area is 120 Å². The molecule has 1 unspecified atom stereocenters. The van der Waals surface area contributed by atoms with Gasteiger partial charge in [-0.1, -0.05) is 47.7 Å². The third-order valence-electron chi connectivity index (χ3n) is 4.19. The molecule has 1 aliphatic carbocycles. The Morgan fingerprint density at radius 2 is 2.16 bits per heavy atom. The zero-order valence-corrected chi connectivity index (χ0v) is 12.6. The van der Waals surface area contributed by atoms with Crippen molar-refractivity contribution < 1.29 is 4.42 Å². The minimum atomic E-state index is -0.297. The molecule has 0 aliphatic heterocycles. The van der Waals surface area contributed by atoms with Gasteiger partial charge in [0.25, 0.3) is 0 Å². The molecule has 0 spiro atoms. The zero-order chi connectivity index (χ0) is 13.4. The maximum absolute atomic E-state index is 11.5. The van der Waals surface area contributed by atoms with Gasteiger partial charge < -0.3 is 4.42 Å². The van der Waals surface area contributed by atoms with Gasteiger partial charge in [-0.2, -0.15) is 0 Å². The van der Waals surface area contributed by atoms with Gasteiger partial charge in [0.15, 0.2) is 5.58 Å². The molecule has 0 bridgehead atoms. The largest absolute Gasteiger partial charge is 0.419 e. The van der Waals surface area contributed by atoms with Gasteiger partial charge in [0.05, 0.1) is 5.52 Å². The Kier molecular flexibility index (Phi) is 3.52. The van der Waals surface area contributed by atoms with Crippen molar-refractivity contribution in [3.63, 3.8) is 0 Å². The summed E-state index contributed by atoms with van der Waals surface area (Å²) in [6.07, 6.45) is 6.62. The van der Waals surface area contributed by atoms with Crippen molar-refractivity contribution >= 4 is 27.0 Å². The maximum atomic E-state index is 11.5. The molecule has 19 heavy (non-hydrogen) atoms. The summed E-state index contributed by atoms with van der Waals surface area (Å²) in [5.41, 5.74) is 2.74. The molecule has 1 atom stereocenters. The van der Waals surface area contributed by atoms with Crippen molar-refractivity contribution in [1.82, 2.24) is 4.57 Å². The third kappa shape index (κ3) is 2.50. The Balaban J connectivity index is 1.85.